The van der Waals surface area contributed by atoms with Crippen LogP contribution in [0.2, 0.25) is 0 Å². The standard InChI is InChI=1S/C19H39N5O.HI/c1-5-20-19(21-13-17(4)23-9-11-25-12-10-23)22-14-18-7-6-8-24(18)15-16(2)3;/h16-18H,5-15H2,1-4H3,(H2,20,21,22);1H/t17?,18-;/m1./s1. The number of hydrogen-bond acceptors (Lipinski definition) is 4. The molecule has 2 N–H and O–H groups in total. The number of guanidine groups is 1. The molecule has 0 aromatic rings. The minimum atomic E-state index is 0. The summed E-state index contributed by atoms with van der Waals surface area (Å²) in [5.74, 6) is 1.69. The third-order valence-corrected chi connectivity index (χ3v) is 5.13. The van der Waals surface area contributed by atoms with Gasteiger partial charge in [0.1, 0.15) is 0 Å². The Balaban J connectivity index is 0.00000338. The molecule has 0 aliphatic carbocycles. The van der Waals surface area contributed by atoms with Gasteiger partial charge < -0.3 is 15.4 Å². The molecular formula is C19H40IN5O. The van der Waals surface area contributed by atoms with Crippen molar-refractivity contribution in [1.82, 2.24) is 20.4 Å². The summed E-state index contributed by atoms with van der Waals surface area (Å²) in [6.45, 7) is 17.9. The lowest BCUT2D eigenvalue weighted by molar-refractivity contribution is 0.0220. The number of ether oxygens (including phenoxy) is 1. The van der Waals surface area contributed by atoms with Crippen LogP contribution in [-0.4, -0.2) is 86.9 Å². The Morgan fingerprint density at radius 2 is 1.88 bits per heavy atom. The van der Waals surface area contributed by atoms with Gasteiger partial charge in [0, 0.05) is 44.8 Å². The highest BCUT2D eigenvalue weighted by Gasteiger charge is 2.25. The van der Waals surface area contributed by atoms with Crippen molar-refractivity contribution >= 4 is 29.9 Å². The van der Waals surface area contributed by atoms with Gasteiger partial charge in [0.2, 0.25) is 0 Å². The number of rotatable bonds is 8. The molecule has 2 aliphatic rings. The lowest BCUT2D eigenvalue weighted by atomic mass is 10.1. The molecule has 0 aromatic carbocycles. The van der Waals surface area contributed by atoms with Gasteiger partial charge >= 0.3 is 0 Å². The second-order valence-electron chi connectivity index (χ2n) is 7.78. The maximum atomic E-state index is 5.44. The van der Waals surface area contributed by atoms with Crippen LogP contribution in [0.5, 0.6) is 0 Å². The van der Waals surface area contributed by atoms with Crippen LogP contribution in [-0.2, 0) is 4.74 Å². The summed E-state index contributed by atoms with van der Waals surface area (Å²) in [5.41, 5.74) is 0. The lowest BCUT2D eigenvalue weighted by Gasteiger charge is -2.31. The third-order valence-electron chi connectivity index (χ3n) is 5.13. The molecule has 0 aromatic heterocycles. The third kappa shape index (κ3) is 8.27. The van der Waals surface area contributed by atoms with Gasteiger partial charge in [-0.05, 0) is 39.2 Å². The van der Waals surface area contributed by atoms with Gasteiger partial charge in [-0.2, -0.15) is 0 Å². The first-order valence-electron chi connectivity index (χ1n) is 10.2. The quantitative estimate of drug-likeness (QED) is 0.316. The highest BCUT2D eigenvalue weighted by Crippen LogP contribution is 2.17. The monoisotopic (exact) mass is 481 g/mol. The number of halogens is 1. The number of nitrogens with zero attached hydrogens (tertiary/aromatic N) is 3. The Morgan fingerprint density at radius 1 is 1.15 bits per heavy atom. The van der Waals surface area contributed by atoms with E-state index in [1.54, 1.807) is 0 Å². The van der Waals surface area contributed by atoms with Crippen LogP contribution in [0.15, 0.2) is 4.99 Å². The highest BCUT2D eigenvalue weighted by atomic mass is 127. The van der Waals surface area contributed by atoms with Gasteiger partial charge in [-0.3, -0.25) is 14.8 Å². The predicted octanol–water partition coefficient (Wildman–Crippen LogP) is 2.00. The molecule has 26 heavy (non-hydrogen) atoms. The van der Waals surface area contributed by atoms with Crippen LogP contribution >= 0.6 is 24.0 Å². The molecule has 2 saturated heterocycles. The normalized spacial score (nSPS) is 23.7. The minimum absolute atomic E-state index is 0. The van der Waals surface area contributed by atoms with Crippen molar-refractivity contribution < 1.29 is 4.74 Å². The van der Waals surface area contributed by atoms with Gasteiger partial charge in [0.25, 0.3) is 0 Å². The maximum absolute atomic E-state index is 5.44. The Morgan fingerprint density at radius 3 is 2.54 bits per heavy atom. The fraction of sp³-hybridized carbons (Fsp3) is 0.947. The van der Waals surface area contributed by atoms with Crippen LogP contribution in [0, 0.1) is 5.92 Å². The average Bonchev–Trinajstić information content (AvgIpc) is 3.04. The molecule has 0 amide bonds. The van der Waals surface area contributed by atoms with E-state index in [9.17, 15) is 0 Å². The second-order valence-corrected chi connectivity index (χ2v) is 7.78. The summed E-state index contributed by atoms with van der Waals surface area (Å²) in [5, 5.41) is 6.98. The largest absolute Gasteiger partial charge is 0.379 e. The summed E-state index contributed by atoms with van der Waals surface area (Å²) in [7, 11) is 0. The van der Waals surface area contributed by atoms with Crippen LogP contribution in [0.1, 0.15) is 40.5 Å². The first kappa shape index (κ1) is 23.9. The molecule has 2 atom stereocenters. The Hall–Kier alpha value is -0.120. The highest BCUT2D eigenvalue weighted by molar-refractivity contribution is 14.0. The van der Waals surface area contributed by atoms with E-state index >= 15 is 0 Å². The molecule has 0 bridgehead atoms. The summed E-state index contributed by atoms with van der Waals surface area (Å²) in [4.78, 5) is 9.94. The Bertz CT molecular complexity index is 401. The van der Waals surface area contributed by atoms with Crippen molar-refractivity contribution in [2.75, 3.05) is 59.0 Å². The number of morpholine rings is 1. The molecule has 0 radical (unpaired) electrons. The Kier molecular flexibility index (Phi) is 12.1. The van der Waals surface area contributed by atoms with Crippen molar-refractivity contribution in [3.63, 3.8) is 0 Å². The van der Waals surface area contributed by atoms with Crippen molar-refractivity contribution in [1.29, 1.82) is 0 Å². The van der Waals surface area contributed by atoms with Crippen molar-refractivity contribution in [3.05, 3.63) is 0 Å². The average molecular weight is 481 g/mol. The molecule has 2 aliphatic heterocycles. The molecule has 2 fully saturated rings. The van der Waals surface area contributed by atoms with E-state index in [2.05, 4.69) is 48.1 Å². The summed E-state index contributed by atoms with van der Waals surface area (Å²) in [6.07, 6.45) is 2.62. The second kappa shape index (κ2) is 13.1. The SMILES string of the molecule is CCNC(=NCC(C)N1CCOCC1)NC[C@H]1CCCN1CC(C)C.I. The van der Waals surface area contributed by atoms with Gasteiger partial charge in [-0.1, -0.05) is 13.8 Å². The molecule has 0 spiro atoms. The van der Waals surface area contributed by atoms with Gasteiger partial charge in [0.05, 0.1) is 19.8 Å². The zero-order chi connectivity index (χ0) is 18.1. The summed E-state index contributed by atoms with van der Waals surface area (Å²) < 4.78 is 5.44. The van der Waals surface area contributed by atoms with E-state index < -0.39 is 0 Å². The fourth-order valence-corrected chi connectivity index (χ4v) is 3.75. The van der Waals surface area contributed by atoms with Gasteiger partial charge in [0.15, 0.2) is 5.96 Å². The molecular weight excluding hydrogens is 441 g/mol. The first-order valence-corrected chi connectivity index (χ1v) is 10.2. The smallest absolute Gasteiger partial charge is 0.191 e. The summed E-state index contributed by atoms with van der Waals surface area (Å²) in [6, 6.07) is 1.10. The summed E-state index contributed by atoms with van der Waals surface area (Å²) >= 11 is 0. The van der Waals surface area contributed by atoms with Crippen molar-refractivity contribution in [3.8, 4) is 0 Å². The molecule has 154 valence electrons. The number of aliphatic imine (C=N–C) groups is 1. The van der Waals surface area contributed by atoms with E-state index in [1.807, 2.05) is 0 Å². The zero-order valence-electron chi connectivity index (χ0n) is 17.2. The molecule has 2 rings (SSSR count). The molecule has 1 unspecified atom stereocenters. The topological polar surface area (TPSA) is 52.1 Å². The number of likely N-dealkylation sites (tertiary alicyclic amines) is 1. The van der Waals surface area contributed by atoms with Crippen LogP contribution in [0.3, 0.4) is 0 Å². The van der Waals surface area contributed by atoms with E-state index in [1.165, 1.54) is 25.9 Å². The minimum Gasteiger partial charge on any atom is -0.379 e. The van der Waals surface area contributed by atoms with E-state index in [0.29, 0.717) is 12.1 Å². The fourth-order valence-electron chi connectivity index (χ4n) is 3.75. The molecule has 0 saturated carbocycles. The van der Waals surface area contributed by atoms with E-state index in [4.69, 9.17) is 9.73 Å². The van der Waals surface area contributed by atoms with Crippen LogP contribution in [0.25, 0.3) is 0 Å². The van der Waals surface area contributed by atoms with Crippen LogP contribution in [0.4, 0.5) is 0 Å². The van der Waals surface area contributed by atoms with Crippen LogP contribution < -0.4 is 10.6 Å². The first-order chi connectivity index (χ1) is 12.1. The number of hydrogen-bond donors (Lipinski definition) is 2. The van der Waals surface area contributed by atoms with E-state index in [0.717, 1.165) is 57.8 Å². The lowest BCUT2D eigenvalue weighted by Crippen LogP contribution is -2.47. The molecule has 7 heteroatoms. The zero-order valence-corrected chi connectivity index (χ0v) is 19.5. The van der Waals surface area contributed by atoms with Gasteiger partial charge in [-0.15, -0.1) is 24.0 Å². The molecule has 6 nitrogen and oxygen atoms in total. The Labute approximate surface area is 177 Å². The van der Waals surface area contributed by atoms with Crippen molar-refractivity contribution in [2.45, 2.75) is 52.6 Å². The van der Waals surface area contributed by atoms with Gasteiger partial charge in [-0.25, -0.2) is 0 Å². The van der Waals surface area contributed by atoms with Crippen molar-refractivity contribution in [2.24, 2.45) is 10.9 Å². The molecule has 2 heterocycles. The maximum Gasteiger partial charge on any atom is 0.191 e. The van der Waals surface area contributed by atoms with E-state index in [-0.39, 0.29) is 24.0 Å². The number of nitrogens with one attached hydrogen (secondary N) is 2. The predicted molar refractivity (Wildman–Crippen MR) is 121 cm³/mol.